The van der Waals surface area contributed by atoms with Gasteiger partial charge in [-0.05, 0) is 66.9 Å². The number of hydrogen-bond acceptors (Lipinski definition) is 10. The minimum atomic E-state index is -1.50. The van der Waals surface area contributed by atoms with Crippen molar-refractivity contribution in [1.29, 1.82) is 0 Å². The van der Waals surface area contributed by atoms with Gasteiger partial charge in [0.05, 0.1) is 20.8 Å². The zero-order chi connectivity index (χ0) is 41.6. The highest BCUT2D eigenvalue weighted by atomic mass is 16.5. The van der Waals surface area contributed by atoms with Gasteiger partial charge in [0.25, 0.3) is 0 Å². The van der Waals surface area contributed by atoms with Crippen LogP contribution in [0.2, 0.25) is 0 Å². The van der Waals surface area contributed by atoms with E-state index in [9.17, 15) is 33.9 Å². The number of nitrogens with one attached hydrogen (secondary N) is 3. The maximum Gasteiger partial charge on any atom is 0.247 e. The van der Waals surface area contributed by atoms with E-state index in [0.717, 1.165) is 4.90 Å². The van der Waals surface area contributed by atoms with E-state index < -0.39 is 78.3 Å². The van der Waals surface area contributed by atoms with Crippen LogP contribution in [0.15, 0.2) is 66.7 Å². The normalized spacial score (nSPS) is 24.1. The number of benzene rings is 3. The lowest BCUT2D eigenvalue weighted by Gasteiger charge is -2.37. The number of amides is 6. The van der Waals surface area contributed by atoms with Crippen LogP contribution in [-0.4, -0.2) is 133 Å². The Morgan fingerprint density at radius 1 is 0.667 bits per heavy atom. The van der Waals surface area contributed by atoms with Crippen LogP contribution in [0.25, 0.3) is 0 Å². The first-order valence-electron chi connectivity index (χ1n) is 18.5. The number of hydrogen-bond donors (Lipinski definition) is 4. The summed E-state index contributed by atoms with van der Waals surface area (Å²) in [5.41, 5.74) is 1.92. The number of carbonyl (C=O) groups excluding carboxylic acids is 6. The molecule has 304 valence electrons. The van der Waals surface area contributed by atoms with Gasteiger partial charge in [0.1, 0.15) is 47.8 Å². The van der Waals surface area contributed by atoms with Crippen LogP contribution in [0, 0.1) is 0 Å². The van der Waals surface area contributed by atoms with Gasteiger partial charge in [-0.2, -0.15) is 0 Å². The Bertz CT molecular complexity index is 1970. The fourth-order valence-electron chi connectivity index (χ4n) is 6.86. The molecule has 16 heteroatoms. The number of fused-ring (bicyclic) bond motifs is 2. The van der Waals surface area contributed by atoms with E-state index in [1.54, 1.807) is 66.7 Å². The summed E-state index contributed by atoms with van der Waals surface area (Å²) in [6.45, 7) is 2.05. The predicted octanol–water partition coefficient (Wildman–Crippen LogP) is 0.819. The molecule has 6 bridgehead atoms. The number of carbonyl (C=O) groups is 6. The van der Waals surface area contributed by atoms with E-state index in [2.05, 4.69) is 16.0 Å². The molecule has 0 saturated carbocycles. The molecule has 4 N–H and O–H groups in total. The molecule has 0 spiro atoms. The van der Waals surface area contributed by atoms with Gasteiger partial charge < -0.3 is 50.0 Å². The highest BCUT2D eigenvalue weighted by Gasteiger charge is 2.39. The maximum atomic E-state index is 14.7. The summed E-state index contributed by atoms with van der Waals surface area (Å²) in [5.74, 6) is -2.28. The van der Waals surface area contributed by atoms with Gasteiger partial charge >= 0.3 is 0 Å². The summed E-state index contributed by atoms with van der Waals surface area (Å²) in [5, 5.41) is 18.2. The first kappa shape index (κ1) is 42.0. The Balaban J connectivity index is 1.59. The summed E-state index contributed by atoms with van der Waals surface area (Å²) in [7, 11) is 7.27. The van der Waals surface area contributed by atoms with Gasteiger partial charge in [-0.3, -0.25) is 28.8 Å². The Morgan fingerprint density at radius 3 is 1.91 bits per heavy atom. The number of likely N-dealkylation sites (N-methyl/N-ethyl adjacent to an activating group) is 3. The number of rotatable bonds is 5. The molecular formula is C41H50N6O10. The van der Waals surface area contributed by atoms with E-state index in [-0.39, 0.29) is 19.3 Å². The second-order valence-corrected chi connectivity index (χ2v) is 14.3. The van der Waals surface area contributed by atoms with Crippen molar-refractivity contribution in [2.45, 2.75) is 69.4 Å². The second kappa shape index (κ2) is 18.2. The van der Waals surface area contributed by atoms with Crippen molar-refractivity contribution in [2.75, 3.05) is 42.0 Å². The van der Waals surface area contributed by atoms with Crippen LogP contribution < -0.4 is 30.2 Å². The van der Waals surface area contributed by atoms with Crippen LogP contribution in [0.1, 0.15) is 30.5 Å². The Kier molecular flexibility index (Phi) is 13.4. The van der Waals surface area contributed by atoms with Crippen molar-refractivity contribution in [3.05, 3.63) is 83.4 Å². The van der Waals surface area contributed by atoms with E-state index in [4.69, 9.17) is 14.2 Å². The third-order valence-corrected chi connectivity index (χ3v) is 10.4. The molecule has 6 amide bonds. The monoisotopic (exact) mass is 786 g/mol. The quantitative estimate of drug-likeness (QED) is 0.288. The standard InChI is InChI=1S/C41H50N6O10/c1-23-36(49)44-30(22-48)40(53)45(3)31(18-25-8-13-28(55-6)14-9-25)38(51)43-24(2)39(52)47(5)33-19-26-10-15-29(16-11-26)57-35-21-27(12-17-34(35)56-7)20-32(37(50)42-23)46(4)41(33)54/h8-17,21,23-24,30-33,48H,18-20,22H2,1-7H3,(H,42,50)(H,43,51)(H,44,49)/t23-,24-,30-,31-,32+,33?/m0/s1. The van der Waals surface area contributed by atoms with E-state index in [1.165, 1.54) is 59.0 Å². The lowest BCUT2D eigenvalue weighted by Crippen LogP contribution is -2.62. The van der Waals surface area contributed by atoms with Gasteiger partial charge in [-0.1, -0.05) is 30.3 Å². The van der Waals surface area contributed by atoms with E-state index in [0.29, 0.717) is 39.7 Å². The van der Waals surface area contributed by atoms with Crippen LogP contribution in [0.4, 0.5) is 0 Å². The Labute approximate surface area is 331 Å². The zero-order valence-corrected chi connectivity index (χ0v) is 33.1. The van der Waals surface area contributed by atoms with Crippen molar-refractivity contribution in [3.63, 3.8) is 0 Å². The first-order chi connectivity index (χ1) is 27.1. The molecule has 3 aliphatic heterocycles. The molecule has 16 nitrogen and oxygen atoms in total. The summed E-state index contributed by atoms with van der Waals surface area (Å²) in [6.07, 6.45) is -0.000603. The van der Waals surface area contributed by atoms with E-state index in [1.807, 2.05) is 0 Å². The lowest BCUT2D eigenvalue weighted by molar-refractivity contribution is -0.149. The largest absolute Gasteiger partial charge is 0.497 e. The average molecular weight is 787 g/mol. The fourth-order valence-corrected chi connectivity index (χ4v) is 6.86. The predicted molar refractivity (Wildman–Crippen MR) is 208 cm³/mol. The lowest BCUT2D eigenvalue weighted by atomic mass is 9.98. The van der Waals surface area contributed by atoms with E-state index >= 15 is 0 Å². The topological polar surface area (TPSA) is 196 Å². The minimum Gasteiger partial charge on any atom is -0.497 e. The number of aliphatic hydroxyl groups excluding tert-OH is 1. The van der Waals surface area contributed by atoms with Gasteiger partial charge in [0, 0.05) is 40.4 Å². The van der Waals surface area contributed by atoms with Gasteiger partial charge in [-0.25, -0.2) is 0 Å². The highest BCUT2D eigenvalue weighted by molar-refractivity contribution is 5.98. The second-order valence-electron chi connectivity index (χ2n) is 14.3. The molecule has 0 aromatic heterocycles. The number of nitrogens with zero attached hydrogens (tertiary/aromatic N) is 3. The molecular weight excluding hydrogens is 736 g/mol. The smallest absolute Gasteiger partial charge is 0.247 e. The van der Waals surface area contributed by atoms with Crippen molar-refractivity contribution < 1.29 is 48.1 Å². The molecule has 1 saturated heterocycles. The molecule has 0 aliphatic carbocycles. The van der Waals surface area contributed by atoms with Crippen molar-refractivity contribution >= 4 is 35.4 Å². The van der Waals surface area contributed by atoms with Crippen LogP contribution in [0.5, 0.6) is 23.0 Å². The highest BCUT2D eigenvalue weighted by Crippen LogP contribution is 2.34. The molecule has 6 atom stereocenters. The van der Waals surface area contributed by atoms with Gasteiger partial charge in [-0.15, -0.1) is 0 Å². The maximum absolute atomic E-state index is 14.7. The first-order valence-corrected chi connectivity index (χ1v) is 18.5. The number of ether oxygens (including phenoxy) is 3. The molecule has 3 aromatic rings. The minimum absolute atomic E-state index is 0.00390. The zero-order valence-electron chi connectivity index (χ0n) is 33.1. The molecule has 3 heterocycles. The van der Waals surface area contributed by atoms with Crippen LogP contribution >= 0.6 is 0 Å². The van der Waals surface area contributed by atoms with Crippen LogP contribution in [-0.2, 0) is 48.0 Å². The molecule has 0 radical (unpaired) electrons. The van der Waals surface area contributed by atoms with Crippen molar-refractivity contribution in [2.24, 2.45) is 0 Å². The number of methoxy groups -OCH3 is 2. The van der Waals surface area contributed by atoms with Gasteiger partial charge in [0.15, 0.2) is 11.5 Å². The van der Waals surface area contributed by atoms with Gasteiger partial charge in [0.2, 0.25) is 35.4 Å². The summed E-state index contributed by atoms with van der Waals surface area (Å²) in [6, 6.07) is 11.4. The summed E-state index contributed by atoms with van der Waals surface area (Å²) >= 11 is 0. The van der Waals surface area contributed by atoms with Crippen molar-refractivity contribution in [3.8, 4) is 23.0 Å². The summed E-state index contributed by atoms with van der Waals surface area (Å²) in [4.78, 5) is 88.2. The third kappa shape index (κ3) is 9.63. The molecule has 1 fully saturated rings. The van der Waals surface area contributed by atoms with Crippen molar-refractivity contribution in [1.82, 2.24) is 30.7 Å². The SMILES string of the molecule is COc1ccc(C[C@H]2C(=O)N[C@@H](C)C(=O)N(C)C3Cc4ccc(cc4)Oc4cc(ccc4OC)C[C@H](C(=O)N[C@@H](C)C(=O)N[C@@H](CO)C(=O)N2C)N(C)C3=O)cc1. The van der Waals surface area contributed by atoms with Crippen LogP contribution in [0.3, 0.4) is 0 Å². The molecule has 3 aliphatic rings. The molecule has 57 heavy (non-hydrogen) atoms. The average Bonchev–Trinajstić information content (AvgIpc) is 3.21. The number of aliphatic hydroxyl groups is 1. The molecule has 6 rings (SSSR count). The summed E-state index contributed by atoms with van der Waals surface area (Å²) < 4.78 is 16.9. The Hall–Kier alpha value is -6.16. The Morgan fingerprint density at radius 2 is 1.28 bits per heavy atom. The molecule has 3 aromatic carbocycles. The molecule has 1 unspecified atom stereocenters. The third-order valence-electron chi connectivity index (χ3n) is 10.4. The fraction of sp³-hybridized carbons (Fsp3) is 0.415.